The number of halogens is 3. The van der Waals surface area contributed by atoms with Crippen molar-refractivity contribution in [3.05, 3.63) is 50.5 Å². The van der Waals surface area contributed by atoms with E-state index in [1.54, 1.807) is 24.4 Å². The Bertz CT molecular complexity index is 538. The summed E-state index contributed by atoms with van der Waals surface area (Å²) in [4.78, 5) is 4.28. The van der Waals surface area contributed by atoms with Crippen molar-refractivity contribution in [2.75, 3.05) is 5.32 Å². The lowest BCUT2D eigenvalue weighted by molar-refractivity contribution is 1.24. The van der Waals surface area contributed by atoms with E-state index in [4.69, 9.17) is 23.2 Å². The number of anilines is 2. The Kier molecular flexibility index (Phi) is 3.92. The number of aryl methyl sites for hydroxylation is 1. The number of hydrogen-bond donors (Lipinski definition) is 1. The minimum absolute atomic E-state index is 0.562. The second kappa shape index (κ2) is 5.25. The molecule has 88 valence electrons. The van der Waals surface area contributed by atoms with E-state index in [2.05, 4.69) is 26.2 Å². The highest BCUT2D eigenvalue weighted by molar-refractivity contribution is 9.10. The van der Waals surface area contributed by atoms with Gasteiger partial charge in [-0.1, -0.05) is 29.3 Å². The first-order chi connectivity index (χ1) is 8.08. The lowest BCUT2D eigenvalue weighted by Crippen LogP contribution is -1.96. The van der Waals surface area contributed by atoms with E-state index in [1.165, 1.54) is 0 Å². The summed E-state index contributed by atoms with van der Waals surface area (Å²) in [5.74, 6) is 0.686. The Morgan fingerprint density at radius 2 is 1.88 bits per heavy atom. The maximum atomic E-state index is 6.07. The third-order valence-electron chi connectivity index (χ3n) is 2.18. The Morgan fingerprint density at radius 1 is 1.24 bits per heavy atom. The molecule has 0 radical (unpaired) electrons. The van der Waals surface area contributed by atoms with E-state index in [0.717, 1.165) is 10.0 Å². The fraction of sp³-hybridized carbons (Fsp3) is 0.0833. The van der Waals surface area contributed by atoms with Gasteiger partial charge in [0.1, 0.15) is 5.82 Å². The number of nitrogens with zero attached hydrogens (tertiary/aromatic N) is 1. The number of benzene rings is 1. The molecule has 0 fully saturated rings. The predicted molar refractivity (Wildman–Crippen MR) is 76.4 cm³/mol. The van der Waals surface area contributed by atoms with Crippen LogP contribution >= 0.6 is 39.1 Å². The molecule has 2 aromatic rings. The van der Waals surface area contributed by atoms with Crippen LogP contribution in [0, 0.1) is 6.92 Å². The molecule has 0 unspecified atom stereocenters. The monoisotopic (exact) mass is 330 g/mol. The van der Waals surface area contributed by atoms with Crippen LogP contribution in [0.3, 0.4) is 0 Å². The van der Waals surface area contributed by atoms with Crippen LogP contribution in [-0.2, 0) is 0 Å². The third kappa shape index (κ3) is 2.92. The van der Waals surface area contributed by atoms with E-state index >= 15 is 0 Å². The minimum atomic E-state index is 0.562. The van der Waals surface area contributed by atoms with Crippen LogP contribution < -0.4 is 5.32 Å². The Labute approximate surface area is 118 Å². The van der Waals surface area contributed by atoms with Gasteiger partial charge in [-0.25, -0.2) is 4.98 Å². The largest absolute Gasteiger partial charge is 0.337 e. The summed E-state index contributed by atoms with van der Waals surface area (Å²) in [7, 11) is 0. The molecule has 0 aliphatic rings. The molecule has 2 nitrogen and oxygen atoms in total. The van der Waals surface area contributed by atoms with Crippen LogP contribution in [0.15, 0.2) is 34.9 Å². The highest BCUT2D eigenvalue weighted by Crippen LogP contribution is 2.34. The molecule has 1 N–H and O–H groups in total. The Morgan fingerprint density at radius 3 is 2.47 bits per heavy atom. The van der Waals surface area contributed by atoms with Crippen molar-refractivity contribution < 1.29 is 0 Å². The lowest BCUT2D eigenvalue weighted by Gasteiger charge is -2.11. The summed E-state index contributed by atoms with van der Waals surface area (Å²) in [6, 6.07) is 7.32. The van der Waals surface area contributed by atoms with Crippen LogP contribution in [0.5, 0.6) is 0 Å². The fourth-order valence-electron chi connectivity index (χ4n) is 1.36. The first-order valence-corrected chi connectivity index (χ1v) is 6.46. The molecule has 1 aromatic heterocycles. The zero-order valence-corrected chi connectivity index (χ0v) is 12.1. The number of rotatable bonds is 2. The second-order valence-electron chi connectivity index (χ2n) is 3.56. The molecular weight excluding hydrogens is 323 g/mol. The van der Waals surface area contributed by atoms with Crippen LogP contribution in [0.4, 0.5) is 11.5 Å². The van der Waals surface area contributed by atoms with E-state index in [0.29, 0.717) is 21.6 Å². The van der Waals surface area contributed by atoms with Crippen LogP contribution in [0.1, 0.15) is 5.56 Å². The van der Waals surface area contributed by atoms with E-state index in [9.17, 15) is 0 Å². The van der Waals surface area contributed by atoms with Gasteiger partial charge in [-0.15, -0.1) is 0 Å². The predicted octanol–water partition coefficient (Wildman–Crippen LogP) is 5.20. The van der Waals surface area contributed by atoms with E-state index < -0.39 is 0 Å². The number of pyridine rings is 1. The van der Waals surface area contributed by atoms with E-state index in [1.807, 2.05) is 13.0 Å². The van der Waals surface area contributed by atoms with Gasteiger partial charge in [-0.3, -0.25) is 0 Å². The maximum absolute atomic E-state index is 6.07. The van der Waals surface area contributed by atoms with Gasteiger partial charge in [0, 0.05) is 6.20 Å². The summed E-state index contributed by atoms with van der Waals surface area (Å²) in [6.07, 6.45) is 1.78. The highest BCUT2D eigenvalue weighted by atomic mass is 79.9. The maximum Gasteiger partial charge on any atom is 0.144 e. The SMILES string of the molecule is Cc1cnc(Nc2c(Cl)cccc2Cl)c(Br)c1. The molecule has 0 amide bonds. The van der Waals surface area contributed by atoms with Crippen molar-refractivity contribution >= 4 is 50.6 Å². The molecular formula is C12H9BrCl2N2. The van der Waals surface area contributed by atoms with Gasteiger partial charge in [0.2, 0.25) is 0 Å². The zero-order chi connectivity index (χ0) is 12.4. The van der Waals surface area contributed by atoms with Gasteiger partial charge in [-0.2, -0.15) is 0 Å². The van der Waals surface area contributed by atoms with Gasteiger partial charge in [0.15, 0.2) is 0 Å². The minimum Gasteiger partial charge on any atom is -0.337 e. The van der Waals surface area contributed by atoms with Gasteiger partial charge in [0.05, 0.1) is 20.2 Å². The quantitative estimate of drug-likeness (QED) is 0.817. The molecule has 0 aliphatic heterocycles. The molecule has 1 aromatic carbocycles. The molecule has 0 spiro atoms. The average molecular weight is 332 g/mol. The van der Waals surface area contributed by atoms with Crippen molar-refractivity contribution in [3.8, 4) is 0 Å². The van der Waals surface area contributed by atoms with Gasteiger partial charge in [-0.05, 0) is 46.6 Å². The standard InChI is InChI=1S/C12H9BrCl2N2/c1-7-5-8(13)12(16-6-7)17-11-9(14)3-2-4-10(11)15/h2-6H,1H3,(H,16,17). The fourth-order valence-corrected chi connectivity index (χ4v) is 2.42. The molecule has 0 atom stereocenters. The van der Waals surface area contributed by atoms with Crippen molar-refractivity contribution in [3.63, 3.8) is 0 Å². The van der Waals surface area contributed by atoms with Crippen molar-refractivity contribution in [2.24, 2.45) is 0 Å². The first kappa shape index (κ1) is 12.7. The molecule has 1 heterocycles. The highest BCUT2D eigenvalue weighted by Gasteiger charge is 2.08. The number of nitrogens with one attached hydrogen (secondary N) is 1. The van der Waals surface area contributed by atoms with Gasteiger partial charge < -0.3 is 5.32 Å². The number of aromatic nitrogens is 1. The Balaban J connectivity index is 2.38. The lowest BCUT2D eigenvalue weighted by atomic mass is 10.3. The molecule has 17 heavy (non-hydrogen) atoms. The second-order valence-corrected chi connectivity index (χ2v) is 5.23. The molecule has 0 saturated heterocycles. The molecule has 2 rings (SSSR count). The number of para-hydroxylation sites is 1. The van der Waals surface area contributed by atoms with Crippen LogP contribution in [0.25, 0.3) is 0 Å². The summed E-state index contributed by atoms with van der Waals surface area (Å²) in [6.45, 7) is 1.98. The first-order valence-electron chi connectivity index (χ1n) is 4.91. The summed E-state index contributed by atoms with van der Waals surface area (Å²) in [5, 5.41) is 4.24. The summed E-state index contributed by atoms with van der Waals surface area (Å²) < 4.78 is 0.869. The van der Waals surface area contributed by atoms with Gasteiger partial charge in [0.25, 0.3) is 0 Å². The molecule has 0 saturated carbocycles. The van der Waals surface area contributed by atoms with Gasteiger partial charge >= 0.3 is 0 Å². The van der Waals surface area contributed by atoms with Crippen molar-refractivity contribution in [1.82, 2.24) is 4.98 Å². The molecule has 0 aliphatic carbocycles. The van der Waals surface area contributed by atoms with Crippen LogP contribution in [0.2, 0.25) is 10.0 Å². The topological polar surface area (TPSA) is 24.9 Å². The third-order valence-corrected chi connectivity index (χ3v) is 3.42. The smallest absolute Gasteiger partial charge is 0.144 e. The zero-order valence-electron chi connectivity index (χ0n) is 8.97. The number of hydrogen-bond acceptors (Lipinski definition) is 2. The molecule has 5 heteroatoms. The average Bonchev–Trinajstić information content (AvgIpc) is 2.26. The van der Waals surface area contributed by atoms with Crippen LogP contribution in [-0.4, -0.2) is 4.98 Å². The normalized spacial score (nSPS) is 10.4. The summed E-state index contributed by atoms with van der Waals surface area (Å²) in [5.41, 5.74) is 1.74. The molecule has 0 bridgehead atoms. The van der Waals surface area contributed by atoms with Crippen molar-refractivity contribution in [1.29, 1.82) is 0 Å². The van der Waals surface area contributed by atoms with E-state index in [-0.39, 0.29) is 0 Å². The summed E-state index contributed by atoms with van der Waals surface area (Å²) >= 11 is 15.6. The Hall–Kier alpha value is -0.770. The van der Waals surface area contributed by atoms with Crippen molar-refractivity contribution in [2.45, 2.75) is 6.92 Å².